The molecule has 6 aliphatic carbocycles. The molecule has 2 aromatic rings. The minimum absolute atomic E-state index is 0.000801. The molecule has 4 bridgehead atoms. The lowest BCUT2D eigenvalue weighted by Gasteiger charge is -2.64. The number of carbonyl (C=O) groups excluding carboxylic acids is 7. The Hall–Kier alpha value is -7.26. The van der Waals surface area contributed by atoms with Crippen molar-refractivity contribution in [3.05, 3.63) is 106 Å². The predicted molar refractivity (Wildman–Crippen MR) is 378 cm³/mol. The molecule has 12 atom stereocenters. The van der Waals surface area contributed by atoms with Gasteiger partial charge < -0.3 is 77.4 Å². The van der Waals surface area contributed by atoms with Gasteiger partial charge in [0, 0.05) is 95.9 Å². The van der Waals surface area contributed by atoms with Crippen molar-refractivity contribution < 1.29 is 71.1 Å². The fraction of sp³-hybridized carbons (Fsp3) is 0.689. The first-order valence-corrected chi connectivity index (χ1v) is 36.2. The standard InChI is InChI=1S/C37H52BN5O7.C27H36BN3O5.C10H18N2O3/c1-35(2,43-17-15-41(16-18-43)34(46)47-7)22-28(39-6)32(44)42-14-13-26(23-42)24-48-33(45)40-31(19-25-11-9-8-10-12-25)38-49-30-21-27-20-29(36(27,3)4)37(30,5)50-38;1-26(2)20-13-21(26)27(3)22(14-20)35-28(36-27)23(12-18-8-6-5-7-9-18)30-25(33)34-17-19-10-11-31(16-19)24(32)15-29-4;1-10(2,8-13)12-6-4-11(5-7-12)9(14)15-3/h8-12,22,26-27,29-31H,13-21,23-24H2,1-5,7H3,(H,40,45);5-9,19-23H,10-17H2,1-3H3,(H,30,33);8H,4-7H2,1-3H3/t26-,27-,29-,30+,31-,37-;19-,20-,21-,22+,23-,27-;/m00./s1. The van der Waals surface area contributed by atoms with Crippen LogP contribution in [0.25, 0.3) is 9.69 Å². The van der Waals surface area contributed by atoms with Crippen LogP contribution in [0, 0.1) is 59.5 Å². The van der Waals surface area contributed by atoms with Crippen molar-refractivity contribution >= 4 is 56.7 Å². The quantitative estimate of drug-likeness (QED) is 0.0470. The molecule has 25 nitrogen and oxygen atoms in total. The summed E-state index contributed by atoms with van der Waals surface area (Å²) >= 11 is 0. The first-order valence-electron chi connectivity index (χ1n) is 36.2. The third-order valence-corrected chi connectivity index (χ3v) is 24.3. The first-order chi connectivity index (χ1) is 48.0. The van der Waals surface area contributed by atoms with Gasteiger partial charge >= 0.3 is 44.5 Å². The van der Waals surface area contributed by atoms with E-state index in [1.807, 2.05) is 88.4 Å². The lowest BCUT2D eigenvalue weighted by Crippen LogP contribution is -2.65. The Labute approximate surface area is 597 Å². The summed E-state index contributed by atoms with van der Waals surface area (Å²) in [5.41, 5.74) is 0.932. The summed E-state index contributed by atoms with van der Waals surface area (Å²) in [6.07, 6.45) is 7.84. The highest BCUT2D eigenvalue weighted by Crippen LogP contribution is 2.67. The minimum Gasteiger partial charge on any atom is -0.453 e. The van der Waals surface area contributed by atoms with Crippen LogP contribution in [0.15, 0.2) is 72.4 Å². The van der Waals surface area contributed by atoms with Crippen LogP contribution in [0.5, 0.6) is 0 Å². The maximum Gasteiger partial charge on any atom is 0.482 e. The average molecular weight is 1400 g/mol. The molecule has 6 saturated heterocycles. The second-order valence-corrected chi connectivity index (χ2v) is 31.9. The molecule has 14 rings (SSSR count). The fourth-order valence-corrected chi connectivity index (χ4v) is 17.6. The van der Waals surface area contributed by atoms with Gasteiger partial charge in [-0.15, -0.1) is 0 Å². The molecule has 2 N–H and O–H groups in total. The Morgan fingerprint density at radius 2 is 1.01 bits per heavy atom. The van der Waals surface area contributed by atoms with Gasteiger partial charge in [0.15, 0.2) is 0 Å². The maximum atomic E-state index is 13.5. The highest BCUT2D eigenvalue weighted by atomic mass is 16.7. The third kappa shape index (κ3) is 17.0. The van der Waals surface area contributed by atoms with Crippen molar-refractivity contribution in [2.24, 2.45) is 46.3 Å². The molecule has 6 amide bonds. The Bertz CT molecular complexity index is 3390. The number of piperazine rings is 2. The van der Waals surface area contributed by atoms with Gasteiger partial charge in [-0.3, -0.25) is 19.4 Å². The summed E-state index contributed by atoms with van der Waals surface area (Å²) in [5, 5.41) is 6.09. The second kappa shape index (κ2) is 31.8. The number of methoxy groups -OCH3 is 2. The molecule has 101 heavy (non-hydrogen) atoms. The number of rotatable bonds is 18. The lowest BCUT2D eigenvalue weighted by atomic mass is 9.43. The van der Waals surface area contributed by atoms with E-state index >= 15 is 0 Å². The molecule has 12 fully saturated rings. The van der Waals surface area contributed by atoms with Crippen LogP contribution in [-0.4, -0.2) is 245 Å². The van der Waals surface area contributed by atoms with Crippen LogP contribution in [-0.2, 0) is 64.8 Å². The van der Waals surface area contributed by atoms with Crippen molar-refractivity contribution in [1.29, 1.82) is 0 Å². The zero-order valence-corrected chi connectivity index (χ0v) is 61.3. The third-order valence-electron chi connectivity index (χ3n) is 24.3. The molecular formula is C74H106B2N10O15. The van der Waals surface area contributed by atoms with Crippen molar-refractivity contribution in [3.63, 3.8) is 0 Å². The maximum absolute atomic E-state index is 13.5. The molecule has 6 heterocycles. The van der Waals surface area contributed by atoms with E-state index in [2.05, 4.69) is 76.4 Å². The first kappa shape index (κ1) is 76.4. The number of ether oxygens (including phenoxy) is 4. The molecule has 2 aromatic carbocycles. The summed E-state index contributed by atoms with van der Waals surface area (Å²) in [7, 11) is 1.61. The molecule has 6 saturated carbocycles. The van der Waals surface area contributed by atoms with E-state index in [0.29, 0.717) is 121 Å². The van der Waals surface area contributed by atoms with Crippen molar-refractivity contribution in [2.75, 3.05) is 113 Å². The summed E-state index contributed by atoms with van der Waals surface area (Å²) in [5.74, 6) is 0.865. The number of benzene rings is 2. The molecule has 0 radical (unpaired) electrons. The molecule has 0 aromatic heterocycles. The smallest absolute Gasteiger partial charge is 0.453 e. The lowest BCUT2D eigenvalue weighted by molar-refractivity contribution is -0.199. The van der Waals surface area contributed by atoms with Crippen molar-refractivity contribution in [3.8, 4) is 0 Å². The van der Waals surface area contributed by atoms with Gasteiger partial charge in [0.1, 0.15) is 6.29 Å². The van der Waals surface area contributed by atoms with Crippen molar-refractivity contribution in [2.45, 2.75) is 167 Å². The van der Waals surface area contributed by atoms with E-state index < -0.39 is 49.0 Å². The average Bonchev–Trinajstić information content (AvgIpc) is 1.64. The van der Waals surface area contributed by atoms with E-state index in [-0.39, 0.29) is 95.9 Å². The number of likely N-dealkylation sites (tertiary alicyclic amines) is 2. The van der Waals surface area contributed by atoms with E-state index in [9.17, 15) is 33.6 Å². The van der Waals surface area contributed by atoms with Crippen LogP contribution >= 0.6 is 0 Å². The van der Waals surface area contributed by atoms with E-state index in [1.165, 1.54) is 20.6 Å². The van der Waals surface area contributed by atoms with Crippen molar-refractivity contribution in [1.82, 2.24) is 40.0 Å². The number of hydrogen-bond donors (Lipinski definition) is 2. The Balaban J connectivity index is 0.000000187. The van der Waals surface area contributed by atoms with Gasteiger partial charge in [0.2, 0.25) is 5.70 Å². The minimum atomic E-state index is -0.590. The monoisotopic (exact) mass is 1400 g/mol. The topological polar surface area (TPSA) is 246 Å². The van der Waals surface area contributed by atoms with E-state index in [0.717, 1.165) is 43.1 Å². The molecule has 0 unspecified atom stereocenters. The molecule has 27 heteroatoms. The van der Waals surface area contributed by atoms with Crippen LogP contribution < -0.4 is 10.6 Å². The highest BCUT2D eigenvalue weighted by Gasteiger charge is 2.70. The zero-order valence-electron chi connectivity index (χ0n) is 61.3. The van der Waals surface area contributed by atoms with Crippen LogP contribution in [0.1, 0.15) is 119 Å². The van der Waals surface area contributed by atoms with Gasteiger partial charge in [-0.05, 0) is 139 Å². The number of aldehydes is 1. The summed E-state index contributed by atoms with van der Waals surface area (Å²) < 4.78 is 47.2. The molecule has 0 spiro atoms. The van der Waals surface area contributed by atoms with Gasteiger partial charge in [-0.1, -0.05) is 94.4 Å². The number of nitrogens with zero attached hydrogens (tertiary/aromatic N) is 8. The summed E-state index contributed by atoms with van der Waals surface area (Å²) in [4.78, 5) is 103. The molecule has 548 valence electrons. The number of hydrogen-bond acceptors (Lipinski definition) is 17. The van der Waals surface area contributed by atoms with Gasteiger partial charge in [-0.25, -0.2) is 30.6 Å². The Morgan fingerprint density at radius 3 is 1.41 bits per heavy atom. The second-order valence-electron chi connectivity index (χ2n) is 31.9. The van der Waals surface area contributed by atoms with E-state index in [1.54, 1.807) is 25.7 Å². The van der Waals surface area contributed by atoms with Crippen LogP contribution in [0.4, 0.5) is 19.2 Å². The Kier molecular flexibility index (Phi) is 24.0. The largest absolute Gasteiger partial charge is 0.482 e. The Morgan fingerprint density at radius 1 is 0.594 bits per heavy atom. The normalized spacial score (nSPS) is 29.2. The van der Waals surface area contributed by atoms with Gasteiger partial charge in [0.25, 0.3) is 12.5 Å². The van der Waals surface area contributed by atoms with Crippen LogP contribution in [0.3, 0.4) is 0 Å². The number of carbonyl (C=O) groups is 7. The number of nitrogens with one attached hydrogen (secondary N) is 2. The SMILES string of the molecule is COC(=O)N1CCN(C(C)(C)C=O)CC1.[C-]#[N+]C(=CC(C)(C)N1CCN(C(=O)OC)CC1)C(=O)N1CC[C@H](COC(=O)N[C@@H](Cc2ccccc2)B2O[C@@H]3C[C@@H]4C[C@@H](C4(C)C)[C@]3(C)O2)C1.[C-]#[N+]CC(=O)N1CC[C@H](COC(=O)N[C@@H](Cc2ccccc2)B2O[C@@H]3C[C@@H]4C[C@@H](C4(C)C)[C@]3(C)O2)C1. The number of alkyl carbamates (subject to hydrolysis) is 2. The zero-order chi connectivity index (χ0) is 72.8. The summed E-state index contributed by atoms with van der Waals surface area (Å²) in [6, 6.07) is 20.0. The molecule has 12 aliphatic rings. The van der Waals surface area contributed by atoms with Crippen LogP contribution in [0.2, 0.25) is 0 Å². The number of amides is 6. The van der Waals surface area contributed by atoms with E-state index in [4.69, 9.17) is 46.0 Å². The predicted octanol–water partition coefficient (Wildman–Crippen LogP) is 8.11. The molecule has 6 aliphatic heterocycles. The summed E-state index contributed by atoms with van der Waals surface area (Å²) in [6.45, 7) is 43.2. The van der Waals surface area contributed by atoms with Gasteiger partial charge in [-0.2, -0.15) is 0 Å². The highest BCUT2D eigenvalue weighted by molar-refractivity contribution is 6.48. The van der Waals surface area contributed by atoms with Gasteiger partial charge in [0.05, 0.1) is 74.8 Å². The fourth-order valence-electron chi connectivity index (χ4n) is 17.6. The molecular weight excluding hydrogens is 1290 g/mol.